The third kappa shape index (κ3) is 5.02. The van der Waals surface area contributed by atoms with Crippen LogP contribution in [-0.2, 0) is 10.2 Å². The average Bonchev–Trinajstić information content (AvgIpc) is 2.71. The van der Waals surface area contributed by atoms with E-state index in [1.807, 2.05) is 29.2 Å². The van der Waals surface area contributed by atoms with Crippen LogP contribution in [-0.4, -0.2) is 48.5 Å². The Morgan fingerprint density at radius 1 is 1.10 bits per heavy atom. The predicted molar refractivity (Wildman–Crippen MR) is 118 cm³/mol. The Balaban J connectivity index is 1.56. The van der Waals surface area contributed by atoms with Crippen molar-refractivity contribution in [3.05, 3.63) is 63.2 Å². The Labute approximate surface area is 181 Å². The van der Waals surface area contributed by atoms with Crippen molar-refractivity contribution in [2.45, 2.75) is 26.2 Å². The zero-order valence-corrected chi connectivity index (χ0v) is 18.2. The second-order valence-electron chi connectivity index (χ2n) is 8.30. The molecule has 160 valence electrons. The van der Waals surface area contributed by atoms with Gasteiger partial charge in [-0.2, -0.15) is 0 Å². The van der Waals surface area contributed by atoms with Gasteiger partial charge in [-0.25, -0.2) is 0 Å². The lowest BCUT2D eigenvalue weighted by Gasteiger charge is -2.36. The van der Waals surface area contributed by atoms with Crippen LogP contribution in [0.1, 0.15) is 26.3 Å². The fraction of sp³-hybridized carbons (Fsp3) is 0.409. The first-order valence-corrected chi connectivity index (χ1v) is 10.2. The number of nitro benzene ring substituents is 1. The summed E-state index contributed by atoms with van der Waals surface area (Å²) in [4.78, 5) is 27.0. The molecule has 1 heterocycles. The molecule has 7 nitrogen and oxygen atoms in total. The topological polar surface area (TPSA) is 75.9 Å². The molecule has 1 amide bonds. The number of nitrogens with zero attached hydrogens (tertiary/aromatic N) is 3. The molecule has 2 aromatic carbocycles. The van der Waals surface area contributed by atoms with E-state index in [2.05, 4.69) is 20.8 Å². The van der Waals surface area contributed by atoms with E-state index in [1.54, 1.807) is 17.0 Å². The fourth-order valence-corrected chi connectivity index (χ4v) is 3.72. The Morgan fingerprint density at radius 3 is 2.30 bits per heavy atom. The number of para-hydroxylation sites is 1. The molecule has 0 aliphatic carbocycles. The lowest BCUT2D eigenvalue weighted by molar-refractivity contribution is -0.384. The molecule has 0 radical (unpaired) electrons. The number of carbonyl (C=O) groups excluding carboxylic acids is 1. The first kappa shape index (κ1) is 21.9. The summed E-state index contributed by atoms with van der Waals surface area (Å²) < 4.78 is 5.65. The largest absolute Gasteiger partial charge is 0.484 e. The highest BCUT2D eigenvalue weighted by Crippen LogP contribution is 2.35. The lowest BCUT2D eigenvalue weighted by atomic mass is 9.87. The van der Waals surface area contributed by atoms with Crippen LogP contribution in [0.2, 0.25) is 5.02 Å². The van der Waals surface area contributed by atoms with Crippen molar-refractivity contribution in [1.82, 2.24) is 4.90 Å². The number of nitro groups is 1. The second-order valence-corrected chi connectivity index (χ2v) is 8.70. The number of halogens is 1. The number of hydrogen-bond donors (Lipinski definition) is 0. The number of rotatable bonds is 5. The normalized spacial score (nSPS) is 14.5. The summed E-state index contributed by atoms with van der Waals surface area (Å²) in [7, 11) is 0. The molecule has 3 rings (SSSR count). The molecule has 1 saturated heterocycles. The second kappa shape index (κ2) is 8.92. The van der Waals surface area contributed by atoms with Crippen LogP contribution in [0.25, 0.3) is 0 Å². The summed E-state index contributed by atoms with van der Waals surface area (Å²) in [6.45, 7) is 8.23. The molecule has 1 aliphatic heterocycles. The van der Waals surface area contributed by atoms with Gasteiger partial charge in [0, 0.05) is 32.2 Å². The van der Waals surface area contributed by atoms with Crippen LogP contribution in [0, 0.1) is 10.1 Å². The minimum Gasteiger partial charge on any atom is -0.484 e. The summed E-state index contributed by atoms with van der Waals surface area (Å²) in [5.74, 6) is 0.546. The third-order valence-electron chi connectivity index (χ3n) is 5.19. The number of ether oxygens (including phenoxy) is 1. The molecule has 1 fully saturated rings. The Hall–Kier alpha value is -2.80. The fourth-order valence-electron chi connectivity index (χ4n) is 3.43. The van der Waals surface area contributed by atoms with Gasteiger partial charge >= 0.3 is 0 Å². The van der Waals surface area contributed by atoms with Crippen LogP contribution >= 0.6 is 11.6 Å². The van der Waals surface area contributed by atoms with Crippen molar-refractivity contribution in [3.63, 3.8) is 0 Å². The van der Waals surface area contributed by atoms with E-state index in [0.29, 0.717) is 42.6 Å². The van der Waals surface area contributed by atoms with Gasteiger partial charge in [-0.15, -0.1) is 0 Å². The Morgan fingerprint density at radius 2 is 1.73 bits per heavy atom. The molecular formula is C22H26ClN3O4. The highest BCUT2D eigenvalue weighted by Gasteiger charge is 2.27. The van der Waals surface area contributed by atoms with Crippen LogP contribution < -0.4 is 9.64 Å². The highest BCUT2D eigenvalue weighted by atomic mass is 35.5. The summed E-state index contributed by atoms with van der Waals surface area (Å²) in [6, 6.07) is 12.4. The molecule has 30 heavy (non-hydrogen) atoms. The molecule has 0 spiro atoms. The third-order valence-corrected chi connectivity index (χ3v) is 5.50. The molecule has 2 aromatic rings. The van der Waals surface area contributed by atoms with Crippen molar-refractivity contribution in [2.24, 2.45) is 0 Å². The van der Waals surface area contributed by atoms with E-state index in [9.17, 15) is 14.9 Å². The van der Waals surface area contributed by atoms with Crippen LogP contribution in [0.5, 0.6) is 5.75 Å². The van der Waals surface area contributed by atoms with E-state index < -0.39 is 4.92 Å². The number of piperazine rings is 1. The molecule has 0 N–H and O–H groups in total. The smallest absolute Gasteiger partial charge is 0.294 e. The molecule has 0 aromatic heterocycles. The summed E-state index contributed by atoms with van der Waals surface area (Å²) in [5.41, 5.74) is 1.65. The first-order valence-electron chi connectivity index (χ1n) is 9.86. The van der Waals surface area contributed by atoms with Gasteiger partial charge in [-0.1, -0.05) is 50.6 Å². The van der Waals surface area contributed by atoms with Crippen molar-refractivity contribution >= 4 is 28.9 Å². The maximum Gasteiger partial charge on any atom is 0.294 e. The summed E-state index contributed by atoms with van der Waals surface area (Å²) >= 11 is 6.22. The maximum absolute atomic E-state index is 12.5. The average molecular weight is 432 g/mol. The van der Waals surface area contributed by atoms with Gasteiger partial charge in [-0.3, -0.25) is 14.9 Å². The van der Waals surface area contributed by atoms with E-state index >= 15 is 0 Å². The SMILES string of the molecule is CC(C)(C)c1ccc(OCC(=O)N2CCN(c3c(Cl)cccc3[N+](=O)[O-])CC2)cc1. The van der Waals surface area contributed by atoms with Gasteiger partial charge in [0.15, 0.2) is 6.61 Å². The zero-order chi connectivity index (χ0) is 21.9. The molecule has 8 heteroatoms. The quantitative estimate of drug-likeness (QED) is 0.522. The number of anilines is 1. The Bertz CT molecular complexity index is 917. The summed E-state index contributed by atoms with van der Waals surface area (Å²) in [5, 5.41) is 11.7. The van der Waals surface area contributed by atoms with Gasteiger partial charge in [0.25, 0.3) is 11.6 Å². The van der Waals surface area contributed by atoms with Crippen molar-refractivity contribution in [1.29, 1.82) is 0 Å². The monoisotopic (exact) mass is 431 g/mol. The van der Waals surface area contributed by atoms with Gasteiger partial charge in [0.2, 0.25) is 0 Å². The minimum atomic E-state index is -0.433. The summed E-state index contributed by atoms with van der Waals surface area (Å²) in [6.07, 6.45) is 0. The van der Waals surface area contributed by atoms with Crippen LogP contribution in [0.4, 0.5) is 11.4 Å². The minimum absolute atomic E-state index is 0.0238. The maximum atomic E-state index is 12.5. The van der Waals surface area contributed by atoms with E-state index in [4.69, 9.17) is 16.3 Å². The Kier molecular flexibility index (Phi) is 6.51. The van der Waals surface area contributed by atoms with Crippen molar-refractivity contribution < 1.29 is 14.5 Å². The molecule has 0 atom stereocenters. The molecular weight excluding hydrogens is 406 g/mol. The number of hydrogen-bond acceptors (Lipinski definition) is 5. The molecule has 0 saturated carbocycles. The zero-order valence-electron chi connectivity index (χ0n) is 17.4. The van der Waals surface area contributed by atoms with Crippen LogP contribution in [0.3, 0.4) is 0 Å². The number of benzene rings is 2. The van der Waals surface area contributed by atoms with Gasteiger partial charge in [0.05, 0.1) is 9.95 Å². The van der Waals surface area contributed by atoms with Gasteiger partial charge in [0.1, 0.15) is 11.4 Å². The lowest BCUT2D eigenvalue weighted by Crippen LogP contribution is -2.50. The molecule has 0 bridgehead atoms. The molecule has 1 aliphatic rings. The van der Waals surface area contributed by atoms with Gasteiger partial charge < -0.3 is 14.5 Å². The van der Waals surface area contributed by atoms with Gasteiger partial charge in [-0.05, 0) is 29.2 Å². The van der Waals surface area contributed by atoms with Crippen LogP contribution in [0.15, 0.2) is 42.5 Å². The predicted octanol–water partition coefficient (Wildman–Crippen LogP) is 4.27. The number of amides is 1. The first-order chi connectivity index (χ1) is 14.2. The van der Waals surface area contributed by atoms with Crippen molar-refractivity contribution in [3.8, 4) is 5.75 Å². The van der Waals surface area contributed by atoms with Crippen molar-refractivity contribution in [2.75, 3.05) is 37.7 Å². The highest BCUT2D eigenvalue weighted by molar-refractivity contribution is 6.33. The van der Waals surface area contributed by atoms with E-state index in [0.717, 1.165) is 0 Å². The number of carbonyl (C=O) groups is 1. The molecule has 0 unspecified atom stereocenters. The standard InChI is InChI=1S/C22H26ClN3O4/c1-22(2,3)16-7-9-17(10-8-16)30-15-20(27)24-11-13-25(14-12-24)21-18(23)5-4-6-19(21)26(28)29/h4-10H,11-15H2,1-3H3. The van der Waals surface area contributed by atoms with E-state index in [1.165, 1.54) is 11.6 Å². The van der Waals surface area contributed by atoms with E-state index in [-0.39, 0.29) is 23.6 Å².